The fourth-order valence-corrected chi connectivity index (χ4v) is 2.40. The maximum Gasteiger partial charge on any atom is 0.258 e. The van der Waals surface area contributed by atoms with Crippen molar-refractivity contribution < 1.29 is 14.3 Å². The summed E-state index contributed by atoms with van der Waals surface area (Å²) in [6.07, 6.45) is 5.43. The van der Waals surface area contributed by atoms with Gasteiger partial charge in [0.2, 0.25) is 0 Å². The molecule has 1 saturated carbocycles. The Balaban J connectivity index is 2.09. The van der Waals surface area contributed by atoms with Crippen LogP contribution in [-0.4, -0.2) is 35.1 Å². The fourth-order valence-electron chi connectivity index (χ4n) is 1.99. The summed E-state index contributed by atoms with van der Waals surface area (Å²) in [6.45, 7) is 0.723. The van der Waals surface area contributed by atoms with E-state index in [1.54, 1.807) is 6.07 Å². The van der Waals surface area contributed by atoms with Crippen molar-refractivity contribution in [2.24, 2.45) is 0 Å². The Kier molecular flexibility index (Phi) is 4.23. The average Bonchev–Trinajstić information content (AvgIpc) is 2.67. The molecule has 0 spiro atoms. The van der Waals surface area contributed by atoms with Crippen LogP contribution in [0.3, 0.4) is 0 Å². The predicted molar refractivity (Wildman–Crippen MR) is 66.8 cm³/mol. The van der Waals surface area contributed by atoms with E-state index in [9.17, 15) is 4.79 Å². The Morgan fingerprint density at radius 3 is 2.82 bits per heavy atom. The van der Waals surface area contributed by atoms with E-state index in [2.05, 4.69) is 15.9 Å². The Bertz CT molecular complexity index is 387. The number of aliphatic hydroxyl groups excluding tert-OH is 1. The van der Waals surface area contributed by atoms with Crippen molar-refractivity contribution >= 4 is 21.8 Å². The highest BCUT2D eigenvalue weighted by atomic mass is 79.9. The minimum atomic E-state index is -0.0104. The van der Waals surface area contributed by atoms with Gasteiger partial charge in [-0.25, -0.2) is 0 Å². The van der Waals surface area contributed by atoms with E-state index in [1.165, 1.54) is 12.7 Å². The molecule has 1 aliphatic carbocycles. The SMILES string of the molecule is O=C(c1ccoc1Br)N(CCCO)C1CCC1. The van der Waals surface area contributed by atoms with Gasteiger partial charge in [0, 0.05) is 19.2 Å². The lowest BCUT2D eigenvalue weighted by Gasteiger charge is -2.37. The van der Waals surface area contributed by atoms with Crippen LogP contribution in [-0.2, 0) is 0 Å². The molecule has 1 amide bonds. The summed E-state index contributed by atoms with van der Waals surface area (Å²) in [7, 11) is 0. The van der Waals surface area contributed by atoms with Gasteiger partial charge in [0.25, 0.3) is 5.91 Å². The van der Waals surface area contributed by atoms with Crippen LogP contribution >= 0.6 is 15.9 Å². The molecule has 1 aliphatic rings. The lowest BCUT2D eigenvalue weighted by molar-refractivity contribution is 0.0560. The summed E-state index contributed by atoms with van der Waals surface area (Å²) in [5.41, 5.74) is 0.565. The van der Waals surface area contributed by atoms with Gasteiger partial charge in [-0.1, -0.05) is 0 Å². The molecule has 0 radical (unpaired) electrons. The standard InChI is InChI=1S/C12H16BrNO3/c13-11-10(5-8-17-11)12(16)14(6-2-7-15)9-3-1-4-9/h5,8-9,15H,1-4,6-7H2. The highest BCUT2D eigenvalue weighted by Gasteiger charge is 2.30. The highest BCUT2D eigenvalue weighted by molar-refractivity contribution is 9.10. The molecule has 0 aliphatic heterocycles. The summed E-state index contributed by atoms with van der Waals surface area (Å²) < 4.78 is 5.57. The number of aliphatic hydroxyl groups is 1. The highest BCUT2D eigenvalue weighted by Crippen LogP contribution is 2.28. The average molecular weight is 302 g/mol. The Morgan fingerprint density at radius 2 is 2.35 bits per heavy atom. The summed E-state index contributed by atoms with van der Waals surface area (Å²) in [5.74, 6) is -0.0104. The first-order chi connectivity index (χ1) is 8.24. The number of carbonyl (C=O) groups is 1. The van der Waals surface area contributed by atoms with E-state index in [0.29, 0.717) is 29.2 Å². The molecule has 94 valence electrons. The van der Waals surface area contributed by atoms with Gasteiger partial charge < -0.3 is 14.4 Å². The lowest BCUT2D eigenvalue weighted by Crippen LogP contribution is -2.44. The molecule has 0 unspecified atom stereocenters. The Labute approximate surface area is 109 Å². The van der Waals surface area contributed by atoms with Crippen molar-refractivity contribution in [1.29, 1.82) is 0 Å². The Morgan fingerprint density at radius 1 is 1.59 bits per heavy atom. The second-order valence-electron chi connectivity index (χ2n) is 4.27. The van der Waals surface area contributed by atoms with Crippen LogP contribution in [0.15, 0.2) is 21.4 Å². The van der Waals surface area contributed by atoms with E-state index in [4.69, 9.17) is 9.52 Å². The molecular formula is C12H16BrNO3. The zero-order valence-corrected chi connectivity index (χ0v) is 11.1. The van der Waals surface area contributed by atoms with E-state index in [1.807, 2.05) is 4.90 Å². The van der Waals surface area contributed by atoms with Gasteiger partial charge >= 0.3 is 0 Å². The molecule has 1 N–H and O–H groups in total. The minimum Gasteiger partial charge on any atom is -0.457 e. The number of hydrogen-bond donors (Lipinski definition) is 1. The molecule has 0 atom stereocenters. The van der Waals surface area contributed by atoms with Crippen LogP contribution in [0.4, 0.5) is 0 Å². The normalized spacial score (nSPS) is 15.6. The first-order valence-corrected chi connectivity index (χ1v) is 6.68. The zero-order valence-electron chi connectivity index (χ0n) is 9.56. The second kappa shape index (κ2) is 5.69. The number of rotatable bonds is 5. The van der Waals surface area contributed by atoms with Crippen molar-refractivity contribution in [2.75, 3.05) is 13.2 Å². The predicted octanol–water partition coefficient (Wildman–Crippen LogP) is 2.42. The van der Waals surface area contributed by atoms with Crippen LogP contribution < -0.4 is 0 Å². The van der Waals surface area contributed by atoms with Gasteiger partial charge in [0.1, 0.15) is 0 Å². The molecule has 2 rings (SSSR count). The van der Waals surface area contributed by atoms with Crippen molar-refractivity contribution in [3.63, 3.8) is 0 Å². The molecule has 1 aromatic heterocycles. The summed E-state index contributed by atoms with van der Waals surface area (Å²) in [6, 6.07) is 2.01. The maximum atomic E-state index is 12.3. The van der Waals surface area contributed by atoms with Gasteiger partial charge in [-0.3, -0.25) is 4.79 Å². The van der Waals surface area contributed by atoms with Gasteiger partial charge in [-0.05, 0) is 47.7 Å². The number of furan rings is 1. The number of hydrogen-bond acceptors (Lipinski definition) is 3. The molecule has 1 heterocycles. The van der Waals surface area contributed by atoms with Crippen LogP contribution in [0.5, 0.6) is 0 Å². The first-order valence-electron chi connectivity index (χ1n) is 5.89. The smallest absolute Gasteiger partial charge is 0.258 e. The van der Waals surface area contributed by atoms with E-state index < -0.39 is 0 Å². The molecule has 1 aromatic rings. The van der Waals surface area contributed by atoms with E-state index >= 15 is 0 Å². The third kappa shape index (κ3) is 2.72. The maximum absolute atomic E-state index is 12.3. The van der Waals surface area contributed by atoms with Gasteiger partial charge in [0.15, 0.2) is 4.67 Å². The number of amides is 1. The van der Waals surface area contributed by atoms with Crippen LogP contribution in [0, 0.1) is 0 Å². The first kappa shape index (κ1) is 12.6. The summed E-state index contributed by atoms with van der Waals surface area (Å²) in [5, 5.41) is 8.89. The zero-order chi connectivity index (χ0) is 12.3. The van der Waals surface area contributed by atoms with Gasteiger partial charge in [-0.15, -0.1) is 0 Å². The van der Waals surface area contributed by atoms with Crippen LogP contribution in [0.25, 0.3) is 0 Å². The number of nitrogens with zero attached hydrogens (tertiary/aromatic N) is 1. The molecule has 17 heavy (non-hydrogen) atoms. The molecule has 1 fully saturated rings. The molecule has 0 aromatic carbocycles. The van der Waals surface area contributed by atoms with E-state index in [0.717, 1.165) is 12.8 Å². The van der Waals surface area contributed by atoms with Gasteiger partial charge in [-0.2, -0.15) is 0 Å². The lowest BCUT2D eigenvalue weighted by atomic mass is 9.91. The summed E-state index contributed by atoms with van der Waals surface area (Å²) >= 11 is 3.23. The van der Waals surface area contributed by atoms with Crippen molar-refractivity contribution in [2.45, 2.75) is 31.7 Å². The third-order valence-corrected chi connectivity index (χ3v) is 3.80. The Hall–Kier alpha value is -0.810. The van der Waals surface area contributed by atoms with E-state index in [-0.39, 0.29) is 12.5 Å². The molecular weight excluding hydrogens is 286 g/mol. The third-order valence-electron chi connectivity index (χ3n) is 3.18. The minimum absolute atomic E-state index is 0.0104. The molecule has 0 saturated heterocycles. The topological polar surface area (TPSA) is 53.7 Å². The fraction of sp³-hybridized carbons (Fsp3) is 0.583. The largest absolute Gasteiger partial charge is 0.457 e. The molecule has 5 heteroatoms. The van der Waals surface area contributed by atoms with Crippen LogP contribution in [0.2, 0.25) is 0 Å². The van der Waals surface area contributed by atoms with Gasteiger partial charge in [0.05, 0.1) is 11.8 Å². The number of halogens is 1. The quantitative estimate of drug-likeness (QED) is 0.909. The molecule has 4 nitrogen and oxygen atoms in total. The van der Waals surface area contributed by atoms with Crippen LogP contribution in [0.1, 0.15) is 36.0 Å². The monoisotopic (exact) mass is 301 g/mol. The molecule has 0 bridgehead atoms. The van der Waals surface area contributed by atoms with Crippen molar-refractivity contribution in [3.05, 3.63) is 22.6 Å². The van der Waals surface area contributed by atoms with Crippen molar-refractivity contribution in [3.8, 4) is 0 Å². The van der Waals surface area contributed by atoms with Crippen molar-refractivity contribution in [1.82, 2.24) is 4.90 Å². The number of carbonyl (C=O) groups excluding carboxylic acids is 1. The summed E-state index contributed by atoms with van der Waals surface area (Å²) in [4.78, 5) is 14.2. The second-order valence-corrected chi connectivity index (χ2v) is 4.99.